The summed E-state index contributed by atoms with van der Waals surface area (Å²) >= 11 is 0. The highest BCUT2D eigenvalue weighted by Crippen LogP contribution is 2.25. The maximum atomic E-state index is 9.13. The highest BCUT2D eigenvalue weighted by Gasteiger charge is 2.02. The number of hydrogen-bond acceptors (Lipinski definition) is 4. The molecule has 16 heavy (non-hydrogen) atoms. The van der Waals surface area contributed by atoms with Gasteiger partial charge in [0.15, 0.2) is 0 Å². The molecule has 0 bridgehead atoms. The van der Waals surface area contributed by atoms with Crippen molar-refractivity contribution in [2.24, 2.45) is 0 Å². The van der Waals surface area contributed by atoms with Crippen LogP contribution in [0.2, 0.25) is 0 Å². The molecule has 0 saturated carbocycles. The van der Waals surface area contributed by atoms with Crippen molar-refractivity contribution in [1.82, 2.24) is 0 Å². The van der Waals surface area contributed by atoms with Gasteiger partial charge in [0.25, 0.3) is 0 Å². The molecule has 0 fully saturated rings. The SMILES string of the molecule is CCOc1cc(NCCC(C)O)ccc1N. The van der Waals surface area contributed by atoms with Gasteiger partial charge in [0.2, 0.25) is 0 Å². The fourth-order valence-corrected chi connectivity index (χ4v) is 1.35. The normalized spacial score (nSPS) is 12.2. The summed E-state index contributed by atoms with van der Waals surface area (Å²) in [5, 5.41) is 12.3. The van der Waals surface area contributed by atoms with Gasteiger partial charge in [-0.1, -0.05) is 0 Å². The molecule has 1 rings (SSSR count). The molecule has 1 aromatic rings. The summed E-state index contributed by atoms with van der Waals surface area (Å²) in [6, 6.07) is 5.59. The standard InChI is InChI=1S/C12H20N2O2/c1-3-16-12-8-10(4-5-11(12)13)14-7-6-9(2)15/h4-5,8-9,14-15H,3,6-7,13H2,1-2H3. The van der Waals surface area contributed by atoms with Crippen LogP contribution in [0.1, 0.15) is 20.3 Å². The lowest BCUT2D eigenvalue weighted by atomic mass is 10.2. The zero-order valence-corrected chi connectivity index (χ0v) is 9.86. The first-order valence-electron chi connectivity index (χ1n) is 5.57. The van der Waals surface area contributed by atoms with E-state index in [4.69, 9.17) is 15.6 Å². The second kappa shape index (κ2) is 6.23. The van der Waals surface area contributed by atoms with Gasteiger partial charge >= 0.3 is 0 Å². The minimum atomic E-state index is -0.285. The van der Waals surface area contributed by atoms with Gasteiger partial charge in [0.05, 0.1) is 18.4 Å². The average Bonchev–Trinajstić information content (AvgIpc) is 2.22. The molecule has 4 heteroatoms. The Morgan fingerprint density at radius 2 is 2.25 bits per heavy atom. The highest BCUT2D eigenvalue weighted by molar-refractivity contribution is 5.61. The molecule has 0 heterocycles. The monoisotopic (exact) mass is 224 g/mol. The number of nitrogens with two attached hydrogens (primary N) is 1. The molecule has 0 aliphatic heterocycles. The third kappa shape index (κ3) is 3.98. The predicted molar refractivity (Wildman–Crippen MR) is 66.8 cm³/mol. The van der Waals surface area contributed by atoms with E-state index in [9.17, 15) is 0 Å². The van der Waals surface area contributed by atoms with Gasteiger partial charge in [-0.15, -0.1) is 0 Å². The topological polar surface area (TPSA) is 67.5 Å². The third-order valence-corrected chi connectivity index (χ3v) is 2.20. The second-order valence-corrected chi connectivity index (χ2v) is 3.75. The van der Waals surface area contributed by atoms with Crippen LogP contribution in [0.25, 0.3) is 0 Å². The number of nitrogen functional groups attached to an aromatic ring is 1. The van der Waals surface area contributed by atoms with Crippen LogP contribution in [0.4, 0.5) is 11.4 Å². The molecule has 1 unspecified atom stereocenters. The maximum absolute atomic E-state index is 9.13. The Kier molecular flexibility index (Phi) is 4.92. The summed E-state index contributed by atoms with van der Waals surface area (Å²) in [4.78, 5) is 0. The summed E-state index contributed by atoms with van der Waals surface area (Å²) < 4.78 is 5.39. The van der Waals surface area contributed by atoms with E-state index in [0.717, 1.165) is 12.2 Å². The van der Waals surface area contributed by atoms with E-state index in [-0.39, 0.29) is 6.10 Å². The molecule has 0 spiro atoms. The Hall–Kier alpha value is -1.42. The fraction of sp³-hybridized carbons (Fsp3) is 0.500. The summed E-state index contributed by atoms with van der Waals surface area (Å²) in [6.45, 7) is 5.03. The van der Waals surface area contributed by atoms with Crippen LogP contribution in [0, 0.1) is 0 Å². The van der Waals surface area contributed by atoms with Crippen molar-refractivity contribution < 1.29 is 9.84 Å². The first kappa shape index (κ1) is 12.6. The molecule has 1 aromatic carbocycles. The molecular formula is C12H20N2O2. The van der Waals surface area contributed by atoms with Crippen LogP contribution < -0.4 is 15.8 Å². The second-order valence-electron chi connectivity index (χ2n) is 3.75. The quantitative estimate of drug-likeness (QED) is 0.645. The summed E-state index contributed by atoms with van der Waals surface area (Å²) in [6.07, 6.45) is 0.432. The fourth-order valence-electron chi connectivity index (χ4n) is 1.35. The van der Waals surface area contributed by atoms with Crippen LogP contribution >= 0.6 is 0 Å². The summed E-state index contributed by atoms with van der Waals surface area (Å²) in [5.74, 6) is 0.699. The molecule has 0 radical (unpaired) electrons. The number of aliphatic hydroxyl groups is 1. The number of rotatable bonds is 6. The van der Waals surface area contributed by atoms with E-state index >= 15 is 0 Å². The summed E-state index contributed by atoms with van der Waals surface area (Å²) in [5.41, 5.74) is 7.36. The molecule has 4 N–H and O–H groups in total. The molecule has 1 atom stereocenters. The zero-order chi connectivity index (χ0) is 12.0. The number of ether oxygens (including phenoxy) is 1. The van der Waals surface area contributed by atoms with Crippen LogP contribution in [0.3, 0.4) is 0 Å². The number of hydrogen-bond donors (Lipinski definition) is 3. The van der Waals surface area contributed by atoms with Crippen LogP contribution in [0.5, 0.6) is 5.75 Å². The van der Waals surface area contributed by atoms with Crippen molar-refractivity contribution >= 4 is 11.4 Å². The van der Waals surface area contributed by atoms with Crippen molar-refractivity contribution in [3.05, 3.63) is 18.2 Å². The highest BCUT2D eigenvalue weighted by atomic mass is 16.5. The van der Waals surface area contributed by atoms with Crippen LogP contribution in [-0.2, 0) is 0 Å². The lowest BCUT2D eigenvalue weighted by Gasteiger charge is -2.11. The van der Waals surface area contributed by atoms with E-state index in [0.29, 0.717) is 24.5 Å². The maximum Gasteiger partial charge on any atom is 0.144 e. The van der Waals surface area contributed by atoms with Crippen molar-refractivity contribution in [3.8, 4) is 5.75 Å². The minimum absolute atomic E-state index is 0.285. The zero-order valence-electron chi connectivity index (χ0n) is 9.86. The Morgan fingerprint density at radius 1 is 1.50 bits per heavy atom. The van der Waals surface area contributed by atoms with Crippen LogP contribution in [-0.4, -0.2) is 24.4 Å². The lowest BCUT2D eigenvalue weighted by molar-refractivity contribution is 0.189. The minimum Gasteiger partial charge on any atom is -0.492 e. The molecule has 4 nitrogen and oxygen atoms in total. The molecule has 90 valence electrons. The number of aliphatic hydroxyl groups excluding tert-OH is 1. The van der Waals surface area contributed by atoms with Crippen molar-refractivity contribution in [2.45, 2.75) is 26.4 Å². The Bertz CT molecular complexity index is 327. The van der Waals surface area contributed by atoms with Gasteiger partial charge in [-0.3, -0.25) is 0 Å². The number of anilines is 2. The van der Waals surface area contributed by atoms with Gasteiger partial charge in [-0.05, 0) is 32.4 Å². The number of benzene rings is 1. The molecule has 0 saturated heterocycles. The Labute approximate surface area is 96.4 Å². The molecule has 0 aromatic heterocycles. The van der Waals surface area contributed by atoms with E-state index in [1.54, 1.807) is 6.92 Å². The van der Waals surface area contributed by atoms with Gasteiger partial charge < -0.3 is 20.9 Å². The van der Waals surface area contributed by atoms with E-state index in [1.165, 1.54) is 0 Å². The Morgan fingerprint density at radius 3 is 2.88 bits per heavy atom. The number of nitrogens with one attached hydrogen (secondary N) is 1. The van der Waals surface area contributed by atoms with Gasteiger partial charge in [-0.2, -0.15) is 0 Å². The van der Waals surface area contributed by atoms with Crippen molar-refractivity contribution in [2.75, 3.05) is 24.2 Å². The molecular weight excluding hydrogens is 204 g/mol. The molecule has 0 aliphatic rings. The Balaban J connectivity index is 2.56. The van der Waals surface area contributed by atoms with Gasteiger partial charge in [-0.25, -0.2) is 0 Å². The van der Waals surface area contributed by atoms with Crippen LogP contribution in [0.15, 0.2) is 18.2 Å². The largest absolute Gasteiger partial charge is 0.492 e. The predicted octanol–water partition coefficient (Wildman–Crippen LogP) is 1.85. The first-order valence-corrected chi connectivity index (χ1v) is 5.57. The average molecular weight is 224 g/mol. The third-order valence-electron chi connectivity index (χ3n) is 2.20. The van der Waals surface area contributed by atoms with Gasteiger partial charge in [0, 0.05) is 18.3 Å². The molecule has 0 amide bonds. The van der Waals surface area contributed by atoms with E-state index in [2.05, 4.69) is 5.32 Å². The first-order chi connectivity index (χ1) is 7.63. The van der Waals surface area contributed by atoms with Crippen molar-refractivity contribution in [3.63, 3.8) is 0 Å². The summed E-state index contributed by atoms with van der Waals surface area (Å²) in [7, 11) is 0. The van der Waals surface area contributed by atoms with E-state index in [1.807, 2.05) is 25.1 Å². The van der Waals surface area contributed by atoms with E-state index < -0.39 is 0 Å². The van der Waals surface area contributed by atoms with Gasteiger partial charge in [0.1, 0.15) is 5.75 Å². The van der Waals surface area contributed by atoms with Crippen molar-refractivity contribution in [1.29, 1.82) is 0 Å². The lowest BCUT2D eigenvalue weighted by Crippen LogP contribution is -2.10. The molecule has 0 aliphatic carbocycles. The smallest absolute Gasteiger partial charge is 0.144 e.